The smallest absolute Gasteiger partial charge is 0.313 e. The number of carboxylic acids is 1. The number of thioether (sulfide) groups is 1. The van der Waals surface area contributed by atoms with E-state index in [-0.39, 0.29) is 11.2 Å². The molecule has 1 heterocycles. The lowest BCUT2D eigenvalue weighted by Crippen LogP contribution is -2.11. The Bertz CT molecular complexity index is 343. The van der Waals surface area contributed by atoms with E-state index in [2.05, 4.69) is 10.2 Å². The highest BCUT2D eigenvalue weighted by atomic mass is 32.2. The molecule has 1 rings (SSSR count). The second-order valence-corrected chi connectivity index (χ2v) is 5.12. The van der Waals surface area contributed by atoms with E-state index >= 15 is 0 Å². The zero-order valence-electron chi connectivity index (χ0n) is 8.98. The van der Waals surface area contributed by atoms with Crippen molar-refractivity contribution in [3.05, 3.63) is 11.8 Å². The molecule has 0 unspecified atom stereocenters. The predicted octanol–water partition coefficient (Wildman–Crippen LogP) is 1.68. The largest absolute Gasteiger partial charge is 0.481 e. The molecular formula is C9H14N2O3S. The maximum absolute atomic E-state index is 10.3. The molecule has 0 aliphatic rings. The Morgan fingerprint density at radius 2 is 2.13 bits per heavy atom. The zero-order chi connectivity index (χ0) is 11.5. The maximum atomic E-state index is 10.3. The van der Waals surface area contributed by atoms with Gasteiger partial charge in [-0.05, 0) is 0 Å². The molecule has 0 aliphatic carbocycles. The molecule has 0 fully saturated rings. The molecule has 6 heteroatoms. The third-order valence-electron chi connectivity index (χ3n) is 1.56. The van der Waals surface area contributed by atoms with Gasteiger partial charge >= 0.3 is 5.97 Å². The molecule has 0 radical (unpaired) electrons. The highest BCUT2D eigenvalue weighted by molar-refractivity contribution is 7.99. The summed E-state index contributed by atoms with van der Waals surface area (Å²) in [6.07, 6.45) is 0. The van der Waals surface area contributed by atoms with Crippen molar-refractivity contribution in [1.82, 2.24) is 10.2 Å². The molecule has 0 saturated heterocycles. The number of carbonyl (C=O) groups is 1. The number of hydrogen-bond acceptors (Lipinski definition) is 5. The van der Waals surface area contributed by atoms with Crippen LogP contribution in [0.25, 0.3) is 0 Å². The van der Waals surface area contributed by atoms with Crippen LogP contribution in [0.5, 0.6) is 0 Å². The van der Waals surface area contributed by atoms with Crippen LogP contribution in [0.2, 0.25) is 0 Å². The molecule has 0 bridgehead atoms. The molecule has 1 N–H and O–H groups in total. The lowest BCUT2D eigenvalue weighted by atomic mass is 9.97. The van der Waals surface area contributed by atoms with Crippen molar-refractivity contribution >= 4 is 17.7 Å². The van der Waals surface area contributed by atoms with E-state index in [1.807, 2.05) is 20.8 Å². The summed E-state index contributed by atoms with van der Waals surface area (Å²) in [4.78, 5) is 10.3. The van der Waals surface area contributed by atoms with E-state index in [9.17, 15) is 4.79 Å². The van der Waals surface area contributed by atoms with Crippen molar-refractivity contribution in [3.8, 4) is 0 Å². The quantitative estimate of drug-likeness (QED) is 0.848. The first kappa shape index (κ1) is 12.0. The monoisotopic (exact) mass is 230 g/mol. The molecule has 5 nitrogen and oxygen atoms in total. The van der Waals surface area contributed by atoms with Crippen LogP contribution < -0.4 is 0 Å². The molecule has 1 aromatic heterocycles. The van der Waals surface area contributed by atoms with Crippen molar-refractivity contribution < 1.29 is 14.3 Å². The molecule has 0 spiro atoms. The summed E-state index contributed by atoms with van der Waals surface area (Å²) in [6, 6.07) is 0. The normalized spacial score (nSPS) is 11.7. The molecule has 0 saturated carbocycles. The second kappa shape index (κ2) is 4.65. The molecular weight excluding hydrogens is 216 g/mol. The molecule has 0 aromatic carbocycles. The molecule has 0 atom stereocenters. The lowest BCUT2D eigenvalue weighted by Gasteiger charge is -2.10. The van der Waals surface area contributed by atoms with Crippen LogP contribution >= 0.6 is 11.8 Å². The summed E-state index contributed by atoms with van der Waals surface area (Å²) in [5, 5.41) is 16.2. The van der Waals surface area contributed by atoms with E-state index in [1.54, 1.807) is 0 Å². The number of aromatic nitrogens is 2. The topological polar surface area (TPSA) is 76.2 Å². The summed E-state index contributed by atoms with van der Waals surface area (Å²) in [5.74, 6) is 0.706. The summed E-state index contributed by atoms with van der Waals surface area (Å²) in [6.45, 7) is 5.94. The van der Waals surface area contributed by atoms with Gasteiger partial charge in [-0.25, -0.2) is 0 Å². The summed E-state index contributed by atoms with van der Waals surface area (Å²) >= 11 is 1.24. The van der Waals surface area contributed by atoms with Crippen LogP contribution in [-0.4, -0.2) is 27.0 Å². The van der Waals surface area contributed by atoms with Gasteiger partial charge in [0.05, 0.1) is 11.5 Å². The summed E-state index contributed by atoms with van der Waals surface area (Å²) in [7, 11) is 0. The Balaban J connectivity index is 2.50. The van der Waals surface area contributed by atoms with Crippen molar-refractivity contribution in [2.45, 2.75) is 31.9 Å². The number of carboxylic acid groups (broad SMARTS) is 1. The van der Waals surface area contributed by atoms with Gasteiger partial charge in [0, 0.05) is 5.41 Å². The van der Waals surface area contributed by atoms with Crippen LogP contribution in [0.4, 0.5) is 0 Å². The average molecular weight is 230 g/mol. The summed E-state index contributed by atoms with van der Waals surface area (Å²) < 4.78 is 5.39. The Labute approximate surface area is 92.3 Å². The fourth-order valence-corrected chi connectivity index (χ4v) is 1.41. The third-order valence-corrected chi connectivity index (χ3v) is 2.46. The predicted molar refractivity (Wildman–Crippen MR) is 56.8 cm³/mol. The first-order chi connectivity index (χ1) is 6.89. The van der Waals surface area contributed by atoms with Gasteiger partial charge in [0.15, 0.2) is 0 Å². The van der Waals surface area contributed by atoms with Crippen LogP contribution in [-0.2, 0) is 16.0 Å². The molecule has 0 amide bonds. The van der Waals surface area contributed by atoms with Gasteiger partial charge < -0.3 is 9.52 Å². The first-order valence-electron chi connectivity index (χ1n) is 4.52. The maximum Gasteiger partial charge on any atom is 0.313 e. The first-order valence-corrected chi connectivity index (χ1v) is 5.67. The van der Waals surface area contributed by atoms with Crippen LogP contribution in [0.15, 0.2) is 4.42 Å². The minimum atomic E-state index is -0.837. The summed E-state index contributed by atoms with van der Waals surface area (Å²) in [5.41, 5.74) is -0.164. The van der Waals surface area contributed by atoms with Crippen LogP contribution in [0.3, 0.4) is 0 Å². The Morgan fingerprint density at radius 3 is 2.60 bits per heavy atom. The van der Waals surface area contributed by atoms with Crippen molar-refractivity contribution in [2.24, 2.45) is 0 Å². The van der Waals surface area contributed by atoms with Gasteiger partial charge in [0.2, 0.25) is 11.8 Å². The highest BCUT2D eigenvalue weighted by Gasteiger charge is 2.21. The average Bonchev–Trinajstić information content (AvgIpc) is 2.51. The SMILES string of the molecule is CC(C)(C)c1nnc(CSCC(=O)O)o1. The van der Waals surface area contributed by atoms with Gasteiger partial charge in [-0.15, -0.1) is 22.0 Å². The molecule has 0 aliphatic heterocycles. The lowest BCUT2D eigenvalue weighted by molar-refractivity contribution is -0.133. The number of aliphatic carboxylic acids is 1. The van der Waals surface area contributed by atoms with Gasteiger partial charge in [0.25, 0.3) is 0 Å². The number of rotatable bonds is 4. The fourth-order valence-electron chi connectivity index (χ4n) is 0.841. The van der Waals surface area contributed by atoms with Gasteiger partial charge in [-0.3, -0.25) is 4.79 Å². The number of hydrogen-bond donors (Lipinski definition) is 1. The number of nitrogens with zero attached hydrogens (tertiary/aromatic N) is 2. The van der Waals surface area contributed by atoms with Gasteiger partial charge in [-0.1, -0.05) is 20.8 Å². The fraction of sp³-hybridized carbons (Fsp3) is 0.667. The van der Waals surface area contributed by atoms with E-state index in [0.717, 1.165) is 0 Å². The second-order valence-electron chi connectivity index (χ2n) is 4.14. The third kappa shape index (κ3) is 3.91. The molecule has 1 aromatic rings. The Hall–Kier alpha value is -1.04. The minimum Gasteiger partial charge on any atom is -0.481 e. The molecule has 15 heavy (non-hydrogen) atoms. The Kier molecular flexibility index (Phi) is 3.73. The zero-order valence-corrected chi connectivity index (χ0v) is 9.80. The van der Waals surface area contributed by atoms with Gasteiger partial charge in [-0.2, -0.15) is 0 Å². The van der Waals surface area contributed by atoms with Crippen LogP contribution in [0, 0.1) is 0 Å². The van der Waals surface area contributed by atoms with Crippen LogP contribution in [0.1, 0.15) is 32.6 Å². The van der Waals surface area contributed by atoms with Crippen molar-refractivity contribution in [2.75, 3.05) is 5.75 Å². The standard InChI is InChI=1S/C9H14N2O3S/c1-9(2,3)8-11-10-6(14-8)4-15-5-7(12)13/h4-5H2,1-3H3,(H,12,13). The van der Waals surface area contributed by atoms with Crippen molar-refractivity contribution in [3.63, 3.8) is 0 Å². The Morgan fingerprint density at radius 1 is 1.47 bits per heavy atom. The van der Waals surface area contributed by atoms with Crippen molar-refractivity contribution in [1.29, 1.82) is 0 Å². The van der Waals surface area contributed by atoms with E-state index in [1.165, 1.54) is 11.8 Å². The minimum absolute atomic E-state index is 0.0488. The highest BCUT2D eigenvalue weighted by Crippen LogP contribution is 2.21. The van der Waals surface area contributed by atoms with E-state index in [4.69, 9.17) is 9.52 Å². The van der Waals surface area contributed by atoms with Gasteiger partial charge in [0.1, 0.15) is 0 Å². The van der Waals surface area contributed by atoms with E-state index in [0.29, 0.717) is 17.5 Å². The van der Waals surface area contributed by atoms with E-state index < -0.39 is 5.97 Å². The molecule has 84 valence electrons.